The highest BCUT2D eigenvalue weighted by molar-refractivity contribution is 6.54. The van der Waals surface area contributed by atoms with Gasteiger partial charge >= 0.3 is 0 Å². The molecule has 1 aliphatic rings. The Kier molecular flexibility index (Phi) is 5.57. The zero-order valence-corrected chi connectivity index (χ0v) is 34.5. The Labute approximate surface area is 366 Å². The monoisotopic (exact) mass is 800 g/mol. The predicted octanol–water partition coefficient (Wildman–Crippen LogP) is 18.3. The molecule has 0 aliphatic heterocycles. The summed E-state index contributed by atoms with van der Waals surface area (Å²) in [5.74, 6) is 0. The van der Waals surface area contributed by atoms with Crippen LogP contribution in [0.15, 0.2) is 194 Å². The minimum Gasteiger partial charge on any atom is -0.0622 e. The van der Waals surface area contributed by atoms with Crippen LogP contribution in [-0.2, 0) is 0 Å². The maximum atomic E-state index is 2.58. The molecule has 0 unspecified atom stereocenters. The summed E-state index contributed by atoms with van der Waals surface area (Å²) in [4.78, 5) is 0. The van der Waals surface area contributed by atoms with Crippen LogP contribution in [0, 0.1) is 0 Å². The Hall–Kier alpha value is -8.32. The summed E-state index contributed by atoms with van der Waals surface area (Å²) in [5.41, 5.74) is 10.5. The Morgan fingerprint density at radius 3 is 1.31 bits per heavy atom. The van der Waals surface area contributed by atoms with E-state index in [-0.39, 0.29) is 0 Å². The third-order valence-corrected chi connectivity index (χ3v) is 15.7. The summed E-state index contributed by atoms with van der Waals surface area (Å²) < 4.78 is 0. The highest BCUT2D eigenvalue weighted by Crippen LogP contribution is 2.59. The molecule has 0 saturated carbocycles. The summed E-state index contributed by atoms with van der Waals surface area (Å²) in [6.45, 7) is 0. The molecule has 0 atom stereocenters. The molecule has 0 saturated heterocycles. The number of hydrogen-bond acceptors (Lipinski definition) is 0. The van der Waals surface area contributed by atoms with Gasteiger partial charge in [-0.2, -0.15) is 0 Å². The summed E-state index contributed by atoms with van der Waals surface area (Å²) in [5, 5.41) is 32.6. The molecular formula is C64H32. The van der Waals surface area contributed by atoms with Gasteiger partial charge in [0.2, 0.25) is 0 Å². The molecule has 0 bridgehead atoms. The topological polar surface area (TPSA) is 0 Å². The van der Waals surface area contributed by atoms with Gasteiger partial charge in [0.1, 0.15) is 0 Å². The van der Waals surface area contributed by atoms with Crippen LogP contribution in [0.5, 0.6) is 0 Å². The van der Waals surface area contributed by atoms with E-state index in [1.165, 1.54) is 174 Å². The summed E-state index contributed by atoms with van der Waals surface area (Å²) in [6.07, 6.45) is 0. The first-order valence-corrected chi connectivity index (χ1v) is 22.6. The zero-order chi connectivity index (χ0) is 41.1. The molecule has 0 radical (unpaired) electrons. The van der Waals surface area contributed by atoms with E-state index < -0.39 is 0 Å². The molecular weight excluding hydrogens is 769 g/mol. The smallest absolute Gasteiger partial charge is 0.000674 e. The van der Waals surface area contributed by atoms with Gasteiger partial charge < -0.3 is 0 Å². The largest absolute Gasteiger partial charge is 0.0622 e. The maximum Gasteiger partial charge on any atom is -0.000674 e. The Morgan fingerprint density at radius 2 is 0.609 bits per heavy atom. The van der Waals surface area contributed by atoms with Crippen LogP contribution in [0.25, 0.3) is 174 Å². The van der Waals surface area contributed by atoms with Gasteiger partial charge in [-0.3, -0.25) is 0 Å². The van der Waals surface area contributed by atoms with Gasteiger partial charge in [0.25, 0.3) is 0 Å². The van der Waals surface area contributed by atoms with E-state index in [2.05, 4.69) is 194 Å². The lowest BCUT2D eigenvalue weighted by atomic mass is 9.87. The molecule has 16 aromatic carbocycles. The Bertz CT molecular complexity index is 4640. The van der Waals surface area contributed by atoms with E-state index in [1.54, 1.807) is 0 Å². The first-order valence-electron chi connectivity index (χ1n) is 22.6. The average molecular weight is 801 g/mol. The molecule has 64 heavy (non-hydrogen) atoms. The van der Waals surface area contributed by atoms with E-state index in [0.717, 1.165) is 0 Å². The molecule has 0 heterocycles. The molecule has 1 aliphatic carbocycles. The highest BCUT2D eigenvalue weighted by Gasteiger charge is 2.30. The van der Waals surface area contributed by atoms with Crippen LogP contribution in [0.4, 0.5) is 0 Å². The highest BCUT2D eigenvalue weighted by atomic mass is 14.3. The van der Waals surface area contributed by atoms with Crippen molar-refractivity contribution in [3.05, 3.63) is 194 Å². The van der Waals surface area contributed by atoms with Crippen molar-refractivity contribution >= 4 is 129 Å². The van der Waals surface area contributed by atoms with E-state index >= 15 is 0 Å². The van der Waals surface area contributed by atoms with Gasteiger partial charge in [-0.05, 0) is 186 Å². The summed E-state index contributed by atoms with van der Waals surface area (Å²) in [7, 11) is 0. The molecule has 0 fully saturated rings. The first kappa shape index (κ1) is 32.4. The molecule has 0 amide bonds. The summed E-state index contributed by atoms with van der Waals surface area (Å²) >= 11 is 0. The van der Waals surface area contributed by atoms with Crippen LogP contribution in [-0.4, -0.2) is 0 Å². The molecule has 0 N–H and O–H groups in total. The second kappa shape index (κ2) is 11.0. The maximum absolute atomic E-state index is 2.58. The van der Waals surface area contributed by atoms with Crippen molar-refractivity contribution in [3.8, 4) is 44.5 Å². The molecule has 16 aromatic rings. The van der Waals surface area contributed by atoms with Crippen LogP contribution < -0.4 is 0 Å². The van der Waals surface area contributed by atoms with Gasteiger partial charge in [-0.25, -0.2) is 0 Å². The fourth-order valence-electron chi connectivity index (χ4n) is 13.4. The fourth-order valence-corrected chi connectivity index (χ4v) is 13.4. The lowest BCUT2D eigenvalue weighted by Crippen LogP contribution is -1.88. The standard InChI is InChI=1S/C64H32/c1-3-11-33(12-4-1)36-21-22-46-50(31-36)63-62-49-30-28-45-43-26-24-41-38-18-8-7-17-37(38)40-23-25-42(56(43)55(40)41)44-27-29-48(58(49)57(44)45)61(62)54(35-13-5-2-6-14-35)52-32-51-39-19-9-15-34-16-10-20-47(53(34)39)59(51)60(46)64(52)63/h1-32H. The van der Waals surface area contributed by atoms with E-state index in [9.17, 15) is 0 Å². The van der Waals surface area contributed by atoms with E-state index in [1.807, 2.05) is 0 Å². The number of rotatable bonds is 2. The molecule has 288 valence electrons. The van der Waals surface area contributed by atoms with Crippen molar-refractivity contribution in [1.82, 2.24) is 0 Å². The van der Waals surface area contributed by atoms with Gasteiger partial charge in [0, 0.05) is 0 Å². The third-order valence-electron chi connectivity index (χ3n) is 15.7. The zero-order valence-electron chi connectivity index (χ0n) is 34.5. The van der Waals surface area contributed by atoms with Crippen LogP contribution in [0.1, 0.15) is 0 Å². The minimum atomic E-state index is 1.24. The van der Waals surface area contributed by atoms with Crippen molar-refractivity contribution in [2.24, 2.45) is 0 Å². The van der Waals surface area contributed by atoms with Crippen molar-refractivity contribution in [3.63, 3.8) is 0 Å². The summed E-state index contributed by atoms with van der Waals surface area (Å²) in [6, 6.07) is 74.3. The van der Waals surface area contributed by atoms with Crippen molar-refractivity contribution in [2.45, 2.75) is 0 Å². The molecule has 0 aromatic heterocycles. The van der Waals surface area contributed by atoms with Crippen molar-refractivity contribution < 1.29 is 0 Å². The van der Waals surface area contributed by atoms with E-state index in [4.69, 9.17) is 0 Å². The number of fused-ring (bicyclic) bond motifs is 16. The van der Waals surface area contributed by atoms with Gasteiger partial charge in [0.05, 0.1) is 0 Å². The lowest BCUT2D eigenvalue weighted by Gasteiger charge is -2.16. The van der Waals surface area contributed by atoms with Crippen molar-refractivity contribution in [1.29, 1.82) is 0 Å². The predicted molar refractivity (Wildman–Crippen MR) is 277 cm³/mol. The fraction of sp³-hybridized carbons (Fsp3) is 0. The molecule has 0 heteroatoms. The second-order valence-corrected chi connectivity index (χ2v) is 18.5. The van der Waals surface area contributed by atoms with Crippen molar-refractivity contribution in [2.75, 3.05) is 0 Å². The number of hydrogen-bond donors (Lipinski definition) is 0. The van der Waals surface area contributed by atoms with Gasteiger partial charge in [0.15, 0.2) is 0 Å². The molecule has 0 nitrogen and oxygen atoms in total. The van der Waals surface area contributed by atoms with Gasteiger partial charge in [-0.1, -0.05) is 182 Å². The minimum absolute atomic E-state index is 1.24. The van der Waals surface area contributed by atoms with Crippen LogP contribution >= 0.6 is 0 Å². The van der Waals surface area contributed by atoms with Crippen LogP contribution in [0.3, 0.4) is 0 Å². The second-order valence-electron chi connectivity index (χ2n) is 18.5. The third kappa shape index (κ3) is 3.59. The van der Waals surface area contributed by atoms with E-state index in [0.29, 0.717) is 0 Å². The Balaban J connectivity index is 1.14. The number of benzene rings is 13. The average Bonchev–Trinajstić information content (AvgIpc) is 4.08. The molecule has 17 rings (SSSR count). The SMILES string of the molecule is c1ccc(-c2ccc3c(c2)c2c4c5ccc6c7ccc8c9c(ccc(c%10ccc(c4c(-c4ccccc4)c4cc%11c%12cccc%13cccc(c%13%12)c%11c3c42)c5c%106)c97)-c2ccccc2-8)cc1. The molecule has 0 spiro atoms. The first-order chi connectivity index (χ1) is 31.8. The normalized spacial score (nSPS) is 13.0. The lowest BCUT2D eigenvalue weighted by molar-refractivity contribution is 1.66. The Morgan fingerprint density at radius 1 is 0.172 bits per heavy atom. The van der Waals surface area contributed by atoms with Crippen LogP contribution in [0.2, 0.25) is 0 Å². The quantitative estimate of drug-likeness (QED) is 0.121. The van der Waals surface area contributed by atoms with Gasteiger partial charge in [-0.15, -0.1) is 0 Å².